The zero-order chi connectivity index (χ0) is 12.3. The molecule has 2 rings (SSSR count). The number of anilines is 1. The van der Waals surface area contributed by atoms with Crippen LogP contribution in [-0.4, -0.2) is 47.6 Å². The lowest BCUT2D eigenvalue weighted by atomic mass is 10.1. The predicted molar refractivity (Wildman–Crippen MR) is 61.2 cm³/mol. The molecule has 0 aliphatic carbocycles. The number of rotatable bonds is 3. The molecular weight excluding hydrogens is 222 g/mol. The van der Waals surface area contributed by atoms with Crippen molar-refractivity contribution in [1.29, 1.82) is 0 Å². The summed E-state index contributed by atoms with van der Waals surface area (Å²) in [6.07, 6.45) is 3.49. The zero-order valence-corrected chi connectivity index (χ0v) is 9.67. The summed E-state index contributed by atoms with van der Waals surface area (Å²) in [6.45, 7) is 1.45. The average Bonchev–Trinajstić information content (AvgIpc) is 2.39. The van der Waals surface area contributed by atoms with Gasteiger partial charge in [-0.3, -0.25) is 0 Å². The Labute approximate surface area is 99.2 Å². The number of hydrogen-bond donors (Lipinski definition) is 1. The second-order valence-electron chi connectivity index (χ2n) is 4.02. The number of hydrogen-bond acceptors (Lipinski definition) is 5. The van der Waals surface area contributed by atoms with E-state index in [1.807, 2.05) is 4.90 Å². The number of nitrogens with zero attached hydrogens (tertiary/aromatic N) is 3. The number of methoxy groups -OCH3 is 1. The van der Waals surface area contributed by atoms with Gasteiger partial charge in [0.1, 0.15) is 5.56 Å². The van der Waals surface area contributed by atoms with Crippen LogP contribution in [0.25, 0.3) is 0 Å². The van der Waals surface area contributed by atoms with Crippen molar-refractivity contribution in [2.24, 2.45) is 0 Å². The Morgan fingerprint density at radius 2 is 2.47 bits per heavy atom. The number of aromatic carboxylic acids is 1. The van der Waals surface area contributed by atoms with Crippen LogP contribution in [0.1, 0.15) is 23.2 Å². The third-order valence-corrected chi connectivity index (χ3v) is 2.94. The number of piperidine rings is 1. The maximum absolute atomic E-state index is 11.1. The standard InChI is InChI=1S/C11H15N3O3/c1-17-8-3-2-6-14(7-8)10-9(11(15)16)4-5-12-13-10/h4-5,8H,2-3,6-7H2,1H3,(H,15,16). The predicted octanol–water partition coefficient (Wildman–Crippen LogP) is 0.790. The monoisotopic (exact) mass is 237 g/mol. The number of carboxylic acids is 1. The van der Waals surface area contributed by atoms with Crippen LogP contribution in [0, 0.1) is 0 Å². The molecule has 1 aliphatic rings. The van der Waals surface area contributed by atoms with E-state index in [4.69, 9.17) is 9.84 Å². The molecule has 1 fully saturated rings. The first-order chi connectivity index (χ1) is 8.22. The van der Waals surface area contributed by atoms with Gasteiger partial charge in [0.15, 0.2) is 5.82 Å². The molecule has 1 N–H and O–H groups in total. The number of ether oxygens (including phenoxy) is 1. The van der Waals surface area contributed by atoms with Gasteiger partial charge >= 0.3 is 5.97 Å². The molecule has 0 saturated carbocycles. The molecule has 0 radical (unpaired) electrons. The van der Waals surface area contributed by atoms with E-state index in [2.05, 4.69) is 10.2 Å². The molecule has 0 aromatic carbocycles. The van der Waals surface area contributed by atoms with E-state index in [0.29, 0.717) is 12.4 Å². The van der Waals surface area contributed by atoms with Crippen LogP contribution >= 0.6 is 0 Å². The third kappa shape index (κ3) is 2.52. The molecule has 1 unspecified atom stereocenters. The van der Waals surface area contributed by atoms with Crippen molar-refractivity contribution in [3.05, 3.63) is 17.8 Å². The second kappa shape index (κ2) is 5.09. The first-order valence-electron chi connectivity index (χ1n) is 5.55. The fraction of sp³-hybridized carbons (Fsp3) is 0.545. The van der Waals surface area contributed by atoms with E-state index in [0.717, 1.165) is 19.4 Å². The maximum atomic E-state index is 11.1. The first-order valence-corrected chi connectivity index (χ1v) is 5.55. The molecule has 92 valence electrons. The Morgan fingerprint density at radius 1 is 1.65 bits per heavy atom. The summed E-state index contributed by atoms with van der Waals surface area (Å²) in [7, 11) is 1.67. The molecule has 1 saturated heterocycles. The highest BCUT2D eigenvalue weighted by atomic mass is 16.5. The minimum Gasteiger partial charge on any atom is -0.478 e. The van der Waals surface area contributed by atoms with Crippen molar-refractivity contribution in [3.63, 3.8) is 0 Å². The maximum Gasteiger partial charge on any atom is 0.339 e. The van der Waals surface area contributed by atoms with Gasteiger partial charge in [-0.25, -0.2) is 4.79 Å². The lowest BCUT2D eigenvalue weighted by Crippen LogP contribution is -2.40. The van der Waals surface area contributed by atoms with Crippen LogP contribution in [-0.2, 0) is 4.74 Å². The Hall–Kier alpha value is -1.69. The number of carboxylic acid groups (broad SMARTS) is 1. The van der Waals surface area contributed by atoms with Gasteiger partial charge in [0, 0.05) is 20.2 Å². The zero-order valence-electron chi connectivity index (χ0n) is 9.67. The molecule has 6 nitrogen and oxygen atoms in total. The number of carbonyl (C=O) groups is 1. The summed E-state index contributed by atoms with van der Waals surface area (Å²) < 4.78 is 5.31. The van der Waals surface area contributed by atoms with E-state index in [1.54, 1.807) is 7.11 Å². The SMILES string of the molecule is COC1CCCN(c2nnccc2C(=O)O)C1. The molecule has 1 aromatic heterocycles. The normalized spacial score (nSPS) is 20.3. The van der Waals surface area contributed by atoms with E-state index in [1.165, 1.54) is 12.3 Å². The van der Waals surface area contributed by atoms with Crippen LogP contribution in [0.5, 0.6) is 0 Å². The van der Waals surface area contributed by atoms with Crippen molar-refractivity contribution in [2.45, 2.75) is 18.9 Å². The average molecular weight is 237 g/mol. The summed E-state index contributed by atoms with van der Waals surface area (Å²) >= 11 is 0. The van der Waals surface area contributed by atoms with Crippen molar-refractivity contribution in [2.75, 3.05) is 25.1 Å². The van der Waals surface area contributed by atoms with Gasteiger partial charge in [0.2, 0.25) is 0 Å². The Morgan fingerprint density at radius 3 is 3.18 bits per heavy atom. The third-order valence-electron chi connectivity index (χ3n) is 2.94. The summed E-state index contributed by atoms with van der Waals surface area (Å²) in [5, 5.41) is 16.8. The van der Waals surface area contributed by atoms with Crippen molar-refractivity contribution < 1.29 is 14.6 Å². The largest absolute Gasteiger partial charge is 0.478 e. The van der Waals surface area contributed by atoms with Crippen LogP contribution < -0.4 is 4.90 Å². The smallest absolute Gasteiger partial charge is 0.339 e. The molecule has 6 heteroatoms. The molecule has 1 atom stereocenters. The lowest BCUT2D eigenvalue weighted by Gasteiger charge is -2.32. The van der Waals surface area contributed by atoms with E-state index in [-0.39, 0.29) is 11.7 Å². The van der Waals surface area contributed by atoms with E-state index in [9.17, 15) is 4.79 Å². The fourth-order valence-electron chi connectivity index (χ4n) is 2.05. The molecule has 0 spiro atoms. The first kappa shape index (κ1) is 11.8. The lowest BCUT2D eigenvalue weighted by molar-refractivity contribution is 0.0694. The minimum absolute atomic E-state index is 0.132. The highest BCUT2D eigenvalue weighted by molar-refractivity contribution is 5.93. The second-order valence-corrected chi connectivity index (χ2v) is 4.02. The topological polar surface area (TPSA) is 75.5 Å². The summed E-state index contributed by atoms with van der Waals surface area (Å²) in [5.41, 5.74) is 0.191. The molecule has 2 heterocycles. The minimum atomic E-state index is -0.977. The highest BCUT2D eigenvalue weighted by Gasteiger charge is 2.24. The molecular formula is C11H15N3O3. The van der Waals surface area contributed by atoms with Crippen molar-refractivity contribution in [1.82, 2.24) is 10.2 Å². The van der Waals surface area contributed by atoms with Gasteiger partial charge < -0.3 is 14.7 Å². The van der Waals surface area contributed by atoms with Gasteiger partial charge in [0.05, 0.1) is 12.3 Å². The van der Waals surface area contributed by atoms with Crippen LogP contribution in [0.2, 0.25) is 0 Å². The van der Waals surface area contributed by atoms with Crippen molar-refractivity contribution in [3.8, 4) is 0 Å². The Kier molecular flexibility index (Phi) is 3.53. The fourth-order valence-corrected chi connectivity index (χ4v) is 2.05. The molecule has 1 aromatic rings. The summed E-state index contributed by atoms with van der Waals surface area (Å²) in [5.74, 6) is -0.545. The van der Waals surface area contributed by atoms with Crippen LogP contribution in [0.15, 0.2) is 12.3 Å². The van der Waals surface area contributed by atoms with Gasteiger partial charge in [0.25, 0.3) is 0 Å². The van der Waals surface area contributed by atoms with Gasteiger partial charge in [-0.1, -0.05) is 0 Å². The van der Waals surface area contributed by atoms with E-state index >= 15 is 0 Å². The molecule has 0 amide bonds. The van der Waals surface area contributed by atoms with Gasteiger partial charge in [-0.05, 0) is 18.9 Å². The van der Waals surface area contributed by atoms with Gasteiger partial charge in [-0.2, -0.15) is 5.10 Å². The molecule has 1 aliphatic heterocycles. The van der Waals surface area contributed by atoms with Crippen LogP contribution in [0.3, 0.4) is 0 Å². The summed E-state index contributed by atoms with van der Waals surface area (Å²) in [6, 6.07) is 1.47. The molecule has 0 bridgehead atoms. The quantitative estimate of drug-likeness (QED) is 0.837. The Bertz CT molecular complexity index is 411. The molecule has 17 heavy (non-hydrogen) atoms. The summed E-state index contributed by atoms with van der Waals surface area (Å²) in [4.78, 5) is 13.0. The van der Waals surface area contributed by atoms with E-state index < -0.39 is 5.97 Å². The van der Waals surface area contributed by atoms with Gasteiger partial charge in [-0.15, -0.1) is 5.10 Å². The number of aromatic nitrogens is 2. The van der Waals surface area contributed by atoms with Crippen LogP contribution in [0.4, 0.5) is 5.82 Å². The Balaban J connectivity index is 2.24. The highest BCUT2D eigenvalue weighted by Crippen LogP contribution is 2.22. The van der Waals surface area contributed by atoms with Crippen molar-refractivity contribution >= 4 is 11.8 Å².